The van der Waals surface area contributed by atoms with Gasteiger partial charge in [0.2, 0.25) is 5.88 Å². The minimum Gasteiger partial charge on any atom is -0.494 e. The van der Waals surface area contributed by atoms with Crippen LogP contribution >= 0.6 is 0 Å². The lowest BCUT2D eigenvalue weighted by Gasteiger charge is -2.10. The maximum absolute atomic E-state index is 11.6. The summed E-state index contributed by atoms with van der Waals surface area (Å²) in [7, 11) is 0. The van der Waals surface area contributed by atoms with Crippen molar-refractivity contribution in [3.63, 3.8) is 0 Å². The summed E-state index contributed by atoms with van der Waals surface area (Å²) in [6.45, 7) is 1.49. The molecule has 9 heteroatoms. The fourth-order valence-electron chi connectivity index (χ4n) is 1.64. The molecule has 4 N–H and O–H groups in total. The summed E-state index contributed by atoms with van der Waals surface area (Å²) < 4.78 is 0. The molecule has 9 nitrogen and oxygen atoms in total. The predicted molar refractivity (Wildman–Crippen MR) is 73.1 cm³/mol. The number of carbonyl (C=O) groups excluding carboxylic acids is 2. The zero-order valence-electron chi connectivity index (χ0n) is 10.8. The number of aromatic hydroxyl groups is 1. The molecule has 0 saturated heterocycles. The van der Waals surface area contributed by atoms with Gasteiger partial charge < -0.3 is 5.11 Å². The smallest absolute Gasteiger partial charge is 0.348 e. The highest BCUT2D eigenvalue weighted by Crippen LogP contribution is 2.09. The van der Waals surface area contributed by atoms with Crippen LogP contribution in [-0.4, -0.2) is 32.7 Å². The zero-order chi connectivity index (χ0) is 15.6. The number of aliphatic imine (C=N–C) groups is 1. The first-order valence-corrected chi connectivity index (χ1v) is 5.73. The third-order valence-electron chi connectivity index (χ3n) is 2.61. The van der Waals surface area contributed by atoms with Crippen molar-refractivity contribution in [2.75, 3.05) is 0 Å². The molecule has 0 atom stereocenters. The minimum atomic E-state index is -0.832. The Morgan fingerprint density at radius 1 is 1.14 bits per heavy atom. The van der Waals surface area contributed by atoms with Crippen molar-refractivity contribution in [3.05, 3.63) is 44.1 Å². The molecular weight excluding hydrogens is 280 g/mol. The van der Waals surface area contributed by atoms with Crippen LogP contribution in [0.15, 0.2) is 32.3 Å². The van der Waals surface area contributed by atoms with Gasteiger partial charge in [-0.05, 0) is 19.1 Å². The number of aromatic nitrogens is 2. The topological polar surface area (TPSA) is 144 Å². The number of amides is 3. The van der Waals surface area contributed by atoms with E-state index in [1.165, 1.54) is 25.2 Å². The van der Waals surface area contributed by atoms with Crippen molar-refractivity contribution in [1.82, 2.24) is 15.3 Å². The summed E-state index contributed by atoms with van der Waals surface area (Å²) >= 11 is 0. The number of H-pyrrole nitrogens is 2. The number of hydrogen-bond donors (Lipinski definition) is 4. The summed E-state index contributed by atoms with van der Waals surface area (Å²) in [5.41, 5.74) is -1.41. The molecule has 1 aliphatic rings. The Morgan fingerprint density at radius 2 is 1.86 bits per heavy atom. The second-order valence-corrected chi connectivity index (χ2v) is 4.07. The van der Waals surface area contributed by atoms with E-state index in [2.05, 4.69) is 4.99 Å². The average molecular weight is 290 g/mol. The number of aromatic amines is 2. The van der Waals surface area contributed by atoms with Crippen molar-refractivity contribution < 1.29 is 14.7 Å². The van der Waals surface area contributed by atoms with E-state index in [-0.39, 0.29) is 16.8 Å². The van der Waals surface area contributed by atoms with Crippen molar-refractivity contribution in [1.29, 1.82) is 0 Å². The summed E-state index contributed by atoms with van der Waals surface area (Å²) in [5, 5.41) is 11.5. The van der Waals surface area contributed by atoms with Crippen LogP contribution in [0, 0.1) is 0 Å². The van der Waals surface area contributed by atoms with Gasteiger partial charge in [0.15, 0.2) is 0 Å². The van der Waals surface area contributed by atoms with Gasteiger partial charge in [-0.15, -0.1) is 0 Å². The van der Waals surface area contributed by atoms with Crippen molar-refractivity contribution >= 4 is 23.7 Å². The van der Waals surface area contributed by atoms with Crippen LogP contribution in [0.4, 0.5) is 4.79 Å². The van der Waals surface area contributed by atoms with E-state index in [0.29, 0.717) is 0 Å². The van der Waals surface area contributed by atoms with E-state index >= 15 is 0 Å². The van der Waals surface area contributed by atoms with Crippen LogP contribution in [-0.2, 0) is 4.79 Å². The molecule has 0 saturated carbocycles. The number of carbonyl (C=O) groups is 2. The molecule has 108 valence electrons. The highest BCUT2D eigenvalue weighted by molar-refractivity contribution is 6.29. The quantitative estimate of drug-likeness (QED) is 0.538. The Morgan fingerprint density at radius 3 is 2.48 bits per heavy atom. The third kappa shape index (κ3) is 3.03. The fraction of sp³-hybridized carbons (Fsp3) is 0.0833. The SMILES string of the molecule is CC1=NC(=O)NC(=O)C1=CC=Cc1c(O)[nH]c(=O)[nH]c1=O. The van der Waals surface area contributed by atoms with Crippen molar-refractivity contribution in [2.45, 2.75) is 6.92 Å². The Bertz CT molecular complexity index is 825. The standard InChI is InChI=1S/C12H10N4O5/c1-5-6(8(17)14-11(20)13-5)3-2-4-7-9(18)15-12(21)16-10(7)19/h2-4H,1H3,(H,14,17,20)(H3,15,16,18,19,21). The lowest BCUT2D eigenvalue weighted by atomic mass is 10.1. The van der Waals surface area contributed by atoms with Crippen molar-refractivity contribution in [2.24, 2.45) is 4.99 Å². The van der Waals surface area contributed by atoms with E-state index in [0.717, 1.165) is 0 Å². The van der Waals surface area contributed by atoms with Gasteiger partial charge in [0.1, 0.15) is 0 Å². The van der Waals surface area contributed by atoms with Gasteiger partial charge >= 0.3 is 11.7 Å². The molecule has 2 heterocycles. The monoisotopic (exact) mass is 290 g/mol. The highest BCUT2D eigenvalue weighted by atomic mass is 16.3. The summed E-state index contributed by atoms with van der Waals surface area (Å²) in [6.07, 6.45) is 3.84. The third-order valence-corrected chi connectivity index (χ3v) is 2.61. The van der Waals surface area contributed by atoms with Crippen LogP contribution in [0.5, 0.6) is 5.88 Å². The predicted octanol–water partition coefficient (Wildman–Crippen LogP) is -0.581. The van der Waals surface area contributed by atoms with Crippen LogP contribution in [0.2, 0.25) is 0 Å². The van der Waals surface area contributed by atoms with Gasteiger partial charge in [-0.2, -0.15) is 4.99 Å². The Balaban J connectivity index is 2.35. The Hall–Kier alpha value is -3.23. The molecule has 0 bridgehead atoms. The van der Waals surface area contributed by atoms with Gasteiger partial charge in [0.25, 0.3) is 11.5 Å². The molecule has 1 aromatic rings. The maximum atomic E-state index is 11.6. The fourth-order valence-corrected chi connectivity index (χ4v) is 1.64. The molecule has 0 radical (unpaired) electrons. The summed E-state index contributed by atoms with van der Waals surface area (Å²) in [4.78, 5) is 52.4. The number of nitrogens with one attached hydrogen (secondary N) is 3. The number of imide groups is 1. The number of rotatable bonds is 2. The first-order valence-electron chi connectivity index (χ1n) is 5.73. The molecule has 0 unspecified atom stereocenters. The Labute approximate surface area is 116 Å². The second-order valence-electron chi connectivity index (χ2n) is 4.07. The number of nitrogens with zero attached hydrogens (tertiary/aromatic N) is 1. The average Bonchev–Trinajstić information content (AvgIpc) is 2.34. The molecule has 0 fully saturated rings. The molecule has 21 heavy (non-hydrogen) atoms. The molecular formula is C12H10N4O5. The first-order chi connectivity index (χ1) is 9.88. The van der Waals surface area contributed by atoms with Gasteiger partial charge in [-0.25, -0.2) is 9.59 Å². The van der Waals surface area contributed by atoms with Gasteiger partial charge in [0, 0.05) is 0 Å². The molecule has 1 aliphatic heterocycles. The van der Waals surface area contributed by atoms with Gasteiger partial charge in [-0.1, -0.05) is 6.08 Å². The number of hydrogen-bond acceptors (Lipinski definition) is 5. The molecule has 0 aliphatic carbocycles. The van der Waals surface area contributed by atoms with Crippen LogP contribution < -0.4 is 16.6 Å². The second kappa shape index (κ2) is 5.41. The summed E-state index contributed by atoms with van der Waals surface area (Å²) in [6, 6.07) is -0.742. The molecule has 0 aromatic carbocycles. The van der Waals surface area contributed by atoms with E-state index in [9.17, 15) is 24.3 Å². The number of urea groups is 1. The van der Waals surface area contributed by atoms with Crippen molar-refractivity contribution in [3.8, 4) is 5.88 Å². The van der Waals surface area contributed by atoms with Gasteiger partial charge in [-0.3, -0.25) is 24.9 Å². The summed E-state index contributed by atoms with van der Waals surface area (Å²) in [5.74, 6) is -1.20. The van der Waals surface area contributed by atoms with Gasteiger partial charge in [0.05, 0.1) is 16.8 Å². The van der Waals surface area contributed by atoms with E-state index in [1.807, 2.05) is 15.3 Å². The molecule has 1 aromatic heterocycles. The minimum absolute atomic E-state index is 0.145. The molecule has 3 amide bonds. The zero-order valence-corrected chi connectivity index (χ0v) is 10.8. The largest absolute Gasteiger partial charge is 0.494 e. The maximum Gasteiger partial charge on any atom is 0.348 e. The van der Waals surface area contributed by atoms with E-state index in [4.69, 9.17) is 0 Å². The first kappa shape index (κ1) is 14.2. The van der Waals surface area contributed by atoms with Crippen LogP contribution in [0.25, 0.3) is 6.08 Å². The highest BCUT2D eigenvalue weighted by Gasteiger charge is 2.20. The van der Waals surface area contributed by atoms with E-state index in [1.54, 1.807) is 0 Å². The lowest BCUT2D eigenvalue weighted by molar-refractivity contribution is -0.116. The van der Waals surface area contributed by atoms with E-state index < -0.39 is 29.1 Å². The Kier molecular flexibility index (Phi) is 3.65. The van der Waals surface area contributed by atoms with Crippen LogP contribution in [0.1, 0.15) is 12.5 Å². The molecule has 0 spiro atoms. The van der Waals surface area contributed by atoms with Crippen LogP contribution in [0.3, 0.4) is 0 Å². The normalized spacial score (nSPS) is 17.2. The molecule has 2 rings (SSSR count). The lowest BCUT2D eigenvalue weighted by Crippen LogP contribution is -2.36. The number of allylic oxidation sites excluding steroid dienone is 2.